The SMILES string of the molecule is CCCn1c(C2CCCCC2)nc(C(C)(C)C)c1N. The van der Waals surface area contributed by atoms with Crippen molar-refractivity contribution in [2.24, 2.45) is 0 Å². The van der Waals surface area contributed by atoms with Crippen molar-refractivity contribution in [1.29, 1.82) is 0 Å². The van der Waals surface area contributed by atoms with Gasteiger partial charge in [-0.05, 0) is 19.3 Å². The Hall–Kier alpha value is -0.990. The average molecular weight is 263 g/mol. The third kappa shape index (κ3) is 2.96. The Labute approximate surface area is 117 Å². The molecule has 19 heavy (non-hydrogen) atoms. The van der Waals surface area contributed by atoms with E-state index < -0.39 is 0 Å². The summed E-state index contributed by atoms with van der Waals surface area (Å²) in [5, 5.41) is 0. The standard InChI is InChI=1S/C16H29N3/c1-5-11-19-14(17)13(16(2,3)4)18-15(19)12-9-7-6-8-10-12/h12H,5-11,17H2,1-4H3. The molecule has 1 aromatic heterocycles. The van der Waals surface area contributed by atoms with Gasteiger partial charge in [0.1, 0.15) is 11.6 Å². The largest absolute Gasteiger partial charge is 0.384 e. The summed E-state index contributed by atoms with van der Waals surface area (Å²) in [6, 6.07) is 0. The predicted molar refractivity (Wildman–Crippen MR) is 81.5 cm³/mol. The second-order valence-corrected chi connectivity index (χ2v) is 6.94. The van der Waals surface area contributed by atoms with Crippen molar-refractivity contribution in [3.8, 4) is 0 Å². The van der Waals surface area contributed by atoms with Crippen LogP contribution in [0.15, 0.2) is 0 Å². The Morgan fingerprint density at radius 2 is 1.84 bits per heavy atom. The van der Waals surface area contributed by atoms with Crippen molar-refractivity contribution in [2.75, 3.05) is 5.73 Å². The van der Waals surface area contributed by atoms with Crippen LogP contribution in [0.25, 0.3) is 0 Å². The van der Waals surface area contributed by atoms with Crippen LogP contribution in [-0.4, -0.2) is 9.55 Å². The van der Waals surface area contributed by atoms with Crippen LogP contribution < -0.4 is 5.73 Å². The molecule has 0 amide bonds. The Morgan fingerprint density at radius 3 is 2.37 bits per heavy atom. The van der Waals surface area contributed by atoms with Crippen molar-refractivity contribution in [1.82, 2.24) is 9.55 Å². The van der Waals surface area contributed by atoms with E-state index in [9.17, 15) is 0 Å². The van der Waals surface area contributed by atoms with Gasteiger partial charge in [0, 0.05) is 17.9 Å². The van der Waals surface area contributed by atoms with Gasteiger partial charge in [0.15, 0.2) is 0 Å². The molecule has 3 heteroatoms. The van der Waals surface area contributed by atoms with E-state index in [1.54, 1.807) is 0 Å². The van der Waals surface area contributed by atoms with Gasteiger partial charge in [-0.2, -0.15) is 0 Å². The Bertz CT molecular complexity index is 420. The summed E-state index contributed by atoms with van der Waals surface area (Å²) in [6.45, 7) is 9.81. The predicted octanol–water partition coefficient (Wildman–Crippen LogP) is 4.22. The molecule has 1 fully saturated rings. The number of nitrogens with zero attached hydrogens (tertiary/aromatic N) is 2. The number of hydrogen-bond acceptors (Lipinski definition) is 2. The van der Waals surface area contributed by atoms with Gasteiger partial charge in [-0.3, -0.25) is 0 Å². The molecule has 1 aliphatic rings. The van der Waals surface area contributed by atoms with Crippen LogP contribution in [0.2, 0.25) is 0 Å². The van der Waals surface area contributed by atoms with E-state index in [1.165, 1.54) is 37.9 Å². The van der Waals surface area contributed by atoms with Crippen molar-refractivity contribution in [3.63, 3.8) is 0 Å². The lowest BCUT2D eigenvalue weighted by molar-refractivity contribution is 0.414. The first-order valence-corrected chi connectivity index (χ1v) is 7.81. The maximum absolute atomic E-state index is 6.38. The molecular formula is C16H29N3. The fourth-order valence-electron chi connectivity index (χ4n) is 3.17. The molecule has 0 aliphatic heterocycles. The van der Waals surface area contributed by atoms with Crippen LogP contribution in [-0.2, 0) is 12.0 Å². The van der Waals surface area contributed by atoms with Gasteiger partial charge in [0.05, 0.1) is 5.69 Å². The molecule has 0 radical (unpaired) electrons. The number of nitrogens with two attached hydrogens (primary N) is 1. The van der Waals surface area contributed by atoms with E-state index in [0.29, 0.717) is 5.92 Å². The molecule has 108 valence electrons. The number of anilines is 1. The molecule has 0 saturated heterocycles. The van der Waals surface area contributed by atoms with Crippen LogP contribution in [0.3, 0.4) is 0 Å². The molecule has 0 bridgehead atoms. The lowest BCUT2D eigenvalue weighted by atomic mass is 9.88. The fraction of sp³-hybridized carbons (Fsp3) is 0.812. The molecule has 1 heterocycles. The summed E-state index contributed by atoms with van der Waals surface area (Å²) in [5.41, 5.74) is 7.50. The molecule has 0 aromatic carbocycles. The number of rotatable bonds is 3. The third-order valence-electron chi connectivity index (χ3n) is 4.16. The lowest BCUT2D eigenvalue weighted by Crippen LogP contribution is -2.15. The first-order chi connectivity index (χ1) is 8.95. The van der Waals surface area contributed by atoms with Crippen LogP contribution in [0.4, 0.5) is 5.82 Å². The first kappa shape index (κ1) is 14.4. The first-order valence-electron chi connectivity index (χ1n) is 7.81. The zero-order chi connectivity index (χ0) is 14.0. The molecule has 0 unspecified atom stereocenters. The lowest BCUT2D eigenvalue weighted by Gasteiger charge is -2.22. The Balaban J connectivity index is 2.40. The van der Waals surface area contributed by atoms with Crippen LogP contribution in [0.5, 0.6) is 0 Å². The second kappa shape index (κ2) is 5.56. The minimum atomic E-state index is 0.0342. The summed E-state index contributed by atoms with van der Waals surface area (Å²) in [5.74, 6) is 2.78. The smallest absolute Gasteiger partial charge is 0.127 e. The summed E-state index contributed by atoms with van der Waals surface area (Å²) in [7, 11) is 0. The molecule has 1 aliphatic carbocycles. The monoisotopic (exact) mass is 263 g/mol. The van der Waals surface area contributed by atoms with Gasteiger partial charge in [0.2, 0.25) is 0 Å². The molecule has 0 atom stereocenters. The minimum absolute atomic E-state index is 0.0342. The zero-order valence-corrected chi connectivity index (χ0v) is 13.0. The topological polar surface area (TPSA) is 43.8 Å². The van der Waals surface area contributed by atoms with Gasteiger partial charge in [-0.15, -0.1) is 0 Å². The molecule has 1 aromatic rings. The molecular weight excluding hydrogens is 234 g/mol. The van der Waals surface area contributed by atoms with E-state index in [1.807, 2.05) is 0 Å². The van der Waals surface area contributed by atoms with Crippen LogP contribution in [0, 0.1) is 0 Å². The average Bonchev–Trinajstić information content (AvgIpc) is 2.69. The van der Waals surface area contributed by atoms with Gasteiger partial charge < -0.3 is 10.3 Å². The van der Waals surface area contributed by atoms with E-state index in [4.69, 9.17) is 10.7 Å². The maximum Gasteiger partial charge on any atom is 0.127 e. The Kier molecular flexibility index (Phi) is 4.22. The second-order valence-electron chi connectivity index (χ2n) is 6.94. The zero-order valence-electron chi connectivity index (χ0n) is 13.0. The molecule has 2 N–H and O–H groups in total. The van der Waals surface area contributed by atoms with E-state index in [-0.39, 0.29) is 5.41 Å². The number of aromatic nitrogens is 2. The van der Waals surface area contributed by atoms with Gasteiger partial charge in [-0.25, -0.2) is 4.98 Å². The highest BCUT2D eigenvalue weighted by Gasteiger charge is 2.28. The third-order valence-corrected chi connectivity index (χ3v) is 4.16. The summed E-state index contributed by atoms with van der Waals surface area (Å²) < 4.78 is 2.29. The van der Waals surface area contributed by atoms with E-state index in [0.717, 1.165) is 24.5 Å². The van der Waals surface area contributed by atoms with Crippen molar-refractivity contribution < 1.29 is 0 Å². The highest BCUT2D eigenvalue weighted by Crippen LogP contribution is 2.36. The molecule has 3 nitrogen and oxygen atoms in total. The maximum atomic E-state index is 6.38. The molecule has 0 spiro atoms. The fourth-order valence-corrected chi connectivity index (χ4v) is 3.17. The van der Waals surface area contributed by atoms with E-state index >= 15 is 0 Å². The summed E-state index contributed by atoms with van der Waals surface area (Å²) >= 11 is 0. The van der Waals surface area contributed by atoms with Gasteiger partial charge in [-0.1, -0.05) is 47.0 Å². The van der Waals surface area contributed by atoms with Crippen LogP contribution in [0.1, 0.15) is 83.7 Å². The van der Waals surface area contributed by atoms with Gasteiger partial charge in [0.25, 0.3) is 0 Å². The molecule has 1 saturated carbocycles. The Morgan fingerprint density at radius 1 is 1.21 bits per heavy atom. The van der Waals surface area contributed by atoms with E-state index in [2.05, 4.69) is 32.3 Å². The van der Waals surface area contributed by atoms with Gasteiger partial charge >= 0.3 is 0 Å². The highest BCUT2D eigenvalue weighted by atomic mass is 15.1. The van der Waals surface area contributed by atoms with Crippen molar-refractivity contribution >= 4 is 5.82 Å². The number of nitrogen functional groups attached to an aromatic ring is 1. The summed E-state index contributed by atoms with van der Waals surface area (Å²) in [6.07, 6.45) is 7.74. The minimum Gasteiger partial charge on any atom is -0.384 e. The number of hydrogen-bond donors (Lipinski definition) is 1. The summed E-state index contributed by atoms with van der Waals surface area (Å²) in [4.78, 5) is 4.96. The quantitative estimate of drug-likeness (QED) is 0.887. The molecule has 2 rings (SSSR count). The van der Waals surface area contributed by atoms with Crippen molar-refractivity contribution in [3.05, 3.63) is 11.5 Å². The van der Waals surface area contributed by atoms with Crippen LogP contribution >= 0.6 is 0 Å². The number of imidazole rings is 1. The van der Waals surface area contributed by atoms with Crippen molar-refractivity contribution in [2.45, 2.75) is 84.1 Å². The highest BCUT2D eigenvalue weighted by molar-refractivity contribution is 5.43. The normalized spacial score (nSPS) is 17.9.